The van der Waals surface area contributed by atoms with E-state index >= 15 is 0 Å². The zero-order chi connectivity index (χ0) is 16.1. The highest BCUT2D eigenvalue weighted by molar-refractivity contribution is 7.89. The zero-order valence-corrected chi connectivity index (χ0v) is 13.8. The third-order valence-corrected chi connectivity index (χ3v) is 4.45. The molecule has 0 aliphatic carbocycles. The van der Waals surface area contributed by atoms with E-state index in [9.17, 15) is 13.2 Å². The van der Waals surface area contributed by atoms with E-state index in [-0.39, 0.29) is 22.7 Å². The van der Waals surface area contributed by atoms with Crippen molar-refractivity contribution in [3.05, 3.63) is 29.8 Å². The molecular formula is C15H23NO4S. The summed E-state index contributed by atoms with van der Waals surface area (Å²) in [4.78, 5) is 11.3. The fourth-order valence-electron chi connectivity index (χ4n) is 1.67. The van der Waals surface area contributed by atoms with Crippen LogP contribution in [-0.4, -0.2) is 28.0 Å². The van der Waals surface area contributed by atoms with Crippen LogP contribution in [0.4, 0.5) is 0 Å². The van der Waals surface area contributed by atoms with Gasteiger partial charge in [-0.05, 0) is 29.5 Å². The van der Waals surface area contributed by atoms with Gasteiger partial charge in [-0.2, -0.15) is 0 Å². The molecule has 0 spiro atoms. The Balaban J connectivity index is 2.69. The van der Waals surface area contributed by atoms with Gasteiger partial charge in [0.25, 0.3) is 0 Å². The molecule has 0 amide bonds. The summed E-state index contributed by atoms with van der Waals surface area (Å²) in [5, 5.41) is 0. The number of esters is 1. The summed E-state index contributed by atoms with van der Waals surface area (Å²) in [6.07, 6.45) is 0.890. The minimum atomic E-state index is -3.50. The Morgan fingerprint density at radius 3 is 2.24 bits per heavy atom. The SMILES string of the molecule is COC(=O)Cc1ccc(S(=O)(=O)NCCC(C)(C)C)cc1. The molecule has 0 bridgehead atoms. The maximum absolute atomic E-state index is 12.1. The van der Waals surface area contributed by atoms with Crippen LogP contribution in [0.3, 0.4) is 0 Å². The normalized spacial score (nSPS) is 12.2. The summed E-state index contributed by atoms with van der Waals surface area (Å²) < 4.78 is 31.4. The second-order valence-corrected chi connectivity index (χ2v) is 7.87. The van der Waals surface area contributed by atoms with Crippen molar-refractivity contribution in [3.63, 3.8) is 0 Å². The molecule has 0 saturated carbocycles. The second kappa shape index (κ2) is 7.04. The fraction of sp³-hybridized carbons (Fsp3) is 0.533. The molecule has 0 unspecified atom stereocenters. The molecular weight excluding hydrogens is 290 g/mol. The molecule has 1 rings (SSSR count). The summed E-state index contributed by atoms with van der Waals surface area (Å²) in [5.74, 6) is -0.353. The van der Waals surface area contributed by atoms with E-state index < -0.39 is 10.0 Å². The van der Waals surface area contributed by atoms with Crippen molar-refractivity contribution in [1.29, 1.82) is 0 Å². The van der Waals surface area contributed by atoms with Crippen LogP contribution in [-0.2, 0) is 26.0 Å². The number of ether oxygens (including phenoxy) is 1. The number of carbonyl (C=O) groups excluding carboxylic acids is 1. The summed E-state index contributed by atoms with van der Waals surface area (Å²) >= 11 is 0. The molecule has 1 aromatic rings. The maximum Gasteiger partial charge on any atom is 0.309 e. The van der Waals surface area contributed by atoms with Crippen LogP contribution in [0.1, 0.15) is 32.8 Å². The summed E-state index contributed by atoms with van der Waals surface area (Å²) in [6.45, 7) is 6.57. The van der Waals surface area contributed by atoms with Crippen LogP contribution in [0.5, 0.6) is 0 Å². The van der Waals surface area contributed by atoms with Gasteiger partial charge in [0, 0.05) is 6.54 Å². The predicted molar refractivity (Wildman–Crippen MR) is 81.4 cm³/mol. The van der Waals surface area contributed by atoms with E-state index in [1.165, 1.54) is 19.2 Å². The maximum atomic E-state index is 12.1. The Morgan fingerprint density at radius 2 is 1.76 bits per heavy atom. The topological polar surface area (TPSA) is 72.5 Å². The Kier molecular flexibility index (Phi) is 5.92. The molecule has 1 aromatic carbocycles. The number of carbonyl (C=O) groups is 1. The number of sulfonamides is 1. The van der Waals surface area contributed by atoms with Gasteiger partial charge >= 0.3 is 5.97 Å². The van der Waals surface area contributed by atoms with Gasteiger partial charge in [-0.25, -0.2) is 13.1 Å². The lowest BCUT2D eigenvalue weighted by molar-refractivity contribution is -0.139. The van der Waals surface area contributed by atoms with E-state index in [2.05, 4.69) is 30.2 Å². The van der Waals surface area contributed by atoms with Crippen LogP contribution in [0, 0.1) is 5.41 Å². The largest absolute Gasteiger partial charge is 0.469 e. The monoisotopic (exact) mass is 313 g/mol. The van der Waals surface area contributed by atoms with E-state index in [0.29, 0.717) is 6.54 Å². The Hall–Kier alpha value is -1.40. The molecule has 0 atom stereocenters. The lowest BCUT2D eigenvalue weighted by Gasteiger charge is -2.18. The van der Waals surface area contributed by atoms with Gasteiger partial charge in [-0.1, -0.05) is 32.9 Å². The van der Waals surface area contributed by atoms with Crippen molar-refractivity contribution in [3.8, 4) is 0 Å². The Labute approximate surface area is 126 Å². The van der Waals surface area contributed by atoms with Gasteiger partial charge in [0.1, 0.15) is 0 Å². The highest BCUT2D eigenvalue weighted by Gasteiger charge is 2.16. The van der Waals surface area contributed by atoms with E-state index in [0.717, 1.165) is 12.0 Å². The molecule has 0 saturated heterocycles. The molecule has 0 fully saturated rings. The minimum Gasteiger partial charge on any atom is -0.469 e. The molecule has 5 nitrogen and oxygen atoms in total. The Morgan fingerprint density at radius 1 is 1.19 bits per heavy atom. The number of nitrogens with one attached hydrogen (secondary N) is 1. The molecule has 118 valence electrons. The van der Waals surface area contributed by atoms with Crippen LogP contribution in [0.25, 0.3) is 0 Å². The summed E-state index contributed by atoms with van der Waals surface area (Å²) in [5.41, 5.74) is 0.794. The number of methoxy groups -OCH3 is 1. The van der Waals surface area contributed by atoms with Gasteiger partial charge in [0.2, 0.25) is 10.0 Å². The highest BCUT2D eigenvalue weighted by atomic mass is 32.2. The molecule has 0 heterocycles. The van der Waals surface area contributed by atoms with Crippen molar-refractivity contribution in [2.24, 2.45) is 5.41 Å². The molecule has 0 aliphatic heterocycles. The molecule has 21 heavy (non-hydrogen) atoms. The minimum absolute atomic E-state index is 0.0763. The third-order valence-electron chi connectivity index (χ3n) is 2.98. The van der Waals surface area contributed by atoms with E-state index in [1.54, 1.807) is 12.1 Å². The lowest BCUT2D eigenvalue weighted by Crippen LogP contribution is -2.27. The van der Waals surface area contributed by atoms with Crippen LogP contribution < -0.4 is 4.72 Å². The first-order valence-corrected chi connectivity index (χ1v) is 8.28. The number of benzene rings is 1. The van der Waals surface area contributed by atoms with Crippen LogP contribution in [0.2, 0.25) is 0 Å². The van der Waals surface area contributed by atoms with Crippen molar-refractivity contribution in [2.45, 2.75) is 38.5 Å². The lowest BCUT2D eigenvalue weighted by atomic mass is 9.93. The van der Waals surface area contributed by atoms with Crippen LogP contribution in [0.15, 0.2) is 29.2 Å². The van der Waals surface area contributed by atoms with Gasteiger partial charge in [-0.15, -0.1) is 0 Å². The second-order valence-electron chi connectivity index (χ2n) is 6.11. The van der Waals surface area contributed by atoms with Gasteiger partial charge in [0.15, 0.2) is 0 Å². The van der Waals surface area contributed by atoms with Crippen LogP contribution >= 0.6 is 0 Å². The van der Waals surface area contributed by atoms with Crippen molar-refractivity contribution in [2.75, 3.05) is 13.7 Å². The van der Waals surface area contributed by atoms with Gasteiger partial charge in [-0.3, -0.25) is 4.79 Å². The number of hydrogen-bond acceptors (Lipinski definition) is 4. The number of rotatable bonds is 6. The van der Waals surface area contributed by atoms with Gasteiger partial charge in [0.05, 0.1) is 18.4 Å². The van der Waals surface area contributed by atoms with Crippen molar-refractivity contribution >= 4 is 16.0 Å². The smallest absolute Gasteiger partial charge is 0.309 e. The van der Waals surface area contributed by atoms with E-state index in [4.69, 9.17) is 0 Å². The third kappa shape index (κ3) is 6.27. The quantitative estimate of drug-likeness (QED) is 0.817. The summed E-state index contributed by atoms with van der Waals surface area (Å²) in [7, 11) is -2.18. The zero-order valence-electron chi connectivity index (χ0n) is 13.0. The molecule has 1 N–H and O–H groups in total. The standard InChI is InChI=1S/C15H23NO4S/c1-15(2,3)9-10-16-21(18,19)13-7-5-12(6-8-13)11-14(17)20-4/h5-8,16H,9-11H2,1-4H3. The average molecular weight is 313 g/mol. The highest BCUT2D eigenvalue weighted by Crippen LogP contribution is 2.18. The average Bonchev–Trinajstić information content (AvgIpc) is 2.37. The molecule has 0 radical (unpaired) electrons. The predicted octanol–water partition coefficient (Wildman–Crippen LogP) is 2.12. The first-order valence-electron chi connectivity index (χ1n) is 6.79. The first-order chi connectivity index (χ1) is 9.64. The van der Waals surface area contributed by atoms with Gasteiger partial charge < -0.3 is 4.74 Å². The molecule has 0 aliphatic rings. The summed E-state index contributed by atoms with van der Waals surface area (Å²) in [6, 6.07) is 6.24. The number of hydrogen-bond donors (Lipinski definition) is 1. The molecule has 6 heteroatoms. The Bertz CT molecular complexity index is 571. The molecule has 0 aromatic heterocycles. The first kappa shape index (κ1) is 17.7. The van der Waals surface area contributed by atoms with E-state index in [1.807, 2.05) is 0 Å². The van der Waals surface area contributed by atoms with Crippen molar-refractivity contribution in [1.82, 2.24) is 4.72 Å². The fourth-order valence-corrected chi connectivity index (χ4v) is 2.70. The van der Waals surface area contributed by atoms with Crippen molar-refractivity contribution < 1.29 is 17.9 Å².